The first-order chi connectivity index (χ1) is 21.4. The summed E-state index contributed by atoms with van der Waals surface area (Å²) >= 11 is 7.90. The number of benzene rings is 3. The molecule has 230 valence electrons. The molecule has 0 spiro atoms. The van der Waals surface area contributed by atoms with Crippen molar-refractivity contribution < 1.29 is 14.3 Å². The van der Waals surface area contributed by atoms with E-state index >= 15 is 0 Å². The van der Waals surface area contributed by atoms with Crippen molar-refractivity contribution in [2.75, 3.05) is 58.9 Å². The number of likely N-dealkylation sites (N-methyl/N-ethyl adjacent to an activating group) is 1. The number of ether oxygens (including phenoxy) is 2. The SMILES string of the molecule is COc1ccc(CCN(C)c2cc(Cl)nc(SCc3ccc(C(=O)N4CCN(Cc5ccccc5)CC4)cc3)n2)cc1OC. The zero-order chi connectivity index (χ0) is 30.9. The molecule has 0 atom stereocenters. The minimum absolute atomic E-state index is 0.0856. The van der Waals surface area contributed by atoms with Gasteiger partial charge in [-0.2, -0.15) is 0 Å². The predicted octanol–water partition coefficient (Wildman–Crippen LogP) is 6.08. The number of halogens is 1. The normalized spacial score (nSPS) is 13.5. The summed E-state index contributed by atoms with van der Waals surface area (Å²) in [5.74, 6) is 2.94. The number of amides is 1. The van der Waals surface area contributed by atoms with Crippen molar-refractivity contribution in [3.05, 3.63) is 106 Å². The molecular formula is C34H38ClN5O3S. The average Bonchev–Trinajstić information content (AvgIpc) is 3.06. The Morgan fingerprint density at radius 2 is 1.57 bits per heavy atom. The first-order valence-corrected chi connectivity index (χ1v) is 16.0. The fourth-order valence-electron chi connectivity index (χ4n) is 5.12. The summed E-state index contributed by atoms with van der Waals surface area (Å²) in [5.41, 5.74) is 4.24. The highest BCUT2D eigenvalue weighted by atomic mass is 35.5. The Bertz CT molecular complexity index is 1530. The molecule has 44 heavy (non-hydrogen) atoms. The zero-order valence-corrected chi connectivity index (χ0v) is 27.0. The molecule has 0 bridgehead atoms. The van der Waals surface area contributed by atoms with Crippen molar-refractivity contribution >= 4 is 35.1 Å². The van der Waals surface area contributed by atoms with E-state index in [0.29, 0.717) is 33.1 Å². The first-order valence-electron chi connectivity index (χ1n) is 14.7. The third-order valence-corrected chi connectivity index (χ3v) is 8.83. The Morgan fingerprint density at radius 1 is 0.864 bits per heavy atom. The van der Waals surface area contributed by atoms with E-state index in [0.717, 1.165) is 62.6 Å². The van der Waals surface area contributed by atoms with E-state index in [2.05, 4.69) is 39.0 Å². The molecule has 0 N–H and O–H groups in total. The summed E-state index contributed by atoms with van der Waals surface area (Å²) in [7, 11) is 5.26. The molecule has 8 nitrogen and oxygen atoms in total. The van der Waals surface area contributed by atoms with Crippen LogP contribution < -0.4 is 14.4 Å². The largest absolute Gasteiger partial charge is 0.493 e. The first kappa shape index (κ1) is 31.6. The van der Waals surface area contributed by atoms with Gasteiger partial charge in [-0.25, -0.2) is 9.97 Å². The maximum Gasteiger partial charge on any atom is 0.253 e. The topological polar surface area (TPSA) is 71.0 Å². The van der Waals surface area contributed by atoms with Crippen molar-refractivity contribution in [1.29, 1.82) is 0 Å². The second-order valence-electron chi connectivity index (χ2n) is 10.7. The third-order valence-electron chi connectivity index (χ3n) is 7.71. The lowest BCUT2D eigenvalue weighted by Gasteiger charge is -2.34. The van der Waals surface area contributed by atoms with Gasteiger partial charge in [0.2, 0.25) is 0 Å². The maximum absolute atomic E-state index is 13.1. The standard InChI is InChI=1S/C34H38ClN5O3S/c1-38(16-15-25-11-14-29(42-2)30(21-25)43-3)32-22-31(35)36-34(37-32)44-24-27-9-12-28(13-10-27)33(41)40-19-17-39(18-20-40)23-26-7-5-4-6-8-26/h4-14,21-22H,15-20,23-24H2,1-3H3. The van der Waals surface area contributed by atoms with Crippen LogP contribution in [0.1, 0.15) is 27.0 Å². The molecular weight excluding hydrogens is 594 g/mol. The number of anilines is 1. The van der Waals surface area contributed by atoms with Crippen LogP contribution in [0, 0.1) is 0 Å². The zero-order valence-electron chi connectivity index (χ0n) is 25.4. The highest BCUT2D eigenvalue weighted by molar-refractivity contribution is 7.98. The van der Waals surface area contributed by atoms with Gasteiger partial charge in [0.25, 0.3) is 5.91 Å². The molecule has 0 saturated carbocycles. The van der Waals surface area contributed by atoms with Gasteiger partial charge >= 0.3 is 0 Å². The predicted molar refractivity (Wildman–Crippen MR) is 177 cm³/mol. The number of rotatable bonds is 12. The van der Waals surface area contributed by atoms with Gasteiger partial charge in [0.1, 0.15) is 11.0 Å². The van der Waals surface area contributed by atoms with Crippen LogP contribution in [0.25, 0.3) is 0 Å². The van der Waals surface area contributed by atoms with E-state index in [1.54, 1.807) is 20.3 Å². The highest BCUT2D eigenvalue weighted by Gasteiger charge is 2.22. The number of carbonyl (C=O) groups excluding carboxylic acids is 1. The number of aromatic nitrogens is 2. The molecule has 1 aromatic heterocycles. The summed E-state index contributed by atoms with van der Waals surface area (Å²) < 4.78 is 10.8. The average molecular weight is 632 g/mol. The molecule has 1 aliphatic heterocycles. The Hall–Kier alpha value is -3.79. The minimum atomic E-state index is 0.0856. The monoisotopic (exact) mass is 631 g/mol. The highest BCUT2D eigenvalue weighted by Crippen LogP contribution is 2.28. The van der Waals surface area contributed by atoms with Crippen LogP contribution in [0.4, 0.5) is 5.82 Å². The van der Waals surface area contributed by atoms with Crippen molar-refractivity contribution in [2.24, 2.45) is 0 Å². The summed E-state index contributed by atoms with van der Waals surface area (Å²) in [6.45, 7) is 4.89. The molecule has 10 heteroatoms. The van der Waals surface area contributed by atoms with Gasteiger partial charge < -0.3 is 19.3 Å². The van der Waals surface area contributed by atoms with Crippen LogP contribution in [-0.2, 0) is 18.7 Å². The molecule has 0 radical (unpaired) electrons. The number of hydrogen-bond donors (Lipinski definition) is 0. The van der Waals surface area contributed by atoms with Crippen LogP contribution >= 0.6 is 23.4 Å². The second-order valence-corrected chi connectivity index (χ2v) is 12.1. The molecule has 0 unspecified atom stereocenters. The summed E-state index contributed by atoms with van der Waals surface area (Å²) in [4.78, 5) is 28.7. The molecule has 1 saturated heterocycles. The number of methoxy groups -OCH3 is 2. The van der Waals surface area contributed by atoms with Gasteiger partial charge in [0, 0.05) is 63.7 Å². The quantitative estimate of drug-likeness (QED) is 0.106. The molecule has 1 aliphatic rings. The molecule has 0 aliphatic carbocycles. The smallest absolute Gasteiger partial charge is 0.253 e. The molecule has 4 aromatic rings. The Morgan fingerprint density at radius 3 is 2.27 bits per heavy atom. The molecule has 1 fully saturated rings. The third kappa shape index (κ3) is 8.43. The number of thioether (sulfide) groups is 1. The van der Waals surface area contributed by atoms with Crippen LogP contribution in [0.15, 0.2) is 84.0 Å². The van der Waals surface area contributed by atoms with Crippen molar-refractivity contribution in [3.8, 4) is 11.5 Å². The Balaban J connectivity index is 1.11. The van der Waals surface area contributed by atoms with Crippen molar-refractivity contribution in [3.63, 3.8) is 0 Å². The van der Waals surface area contributed by atoms with Gasteiger partial charge in [-0.1, -0.05) is 71.9 Å². The van der Waals surface area contributed by atoms with E-state index in [9.17, 15) is 4.79 Å². The number of piperazine rings is 1. The van der Waals surface area contributed by atoms with Gasteiger partial charge in [-0.3, -0.25) is 9.69 Å². The molecule has 1 amide bonds. The molecule has 2 heterocycles. The lowest BCUT2D eigenvalue weighted by Crippen LogP contribution is -2.48. The second kappa shape index (κ2) is 15.3. The van der Waals surface area contributed by atoms with Crippen LogP contribution in [0.5, 0.6) is 11.5 Å². The summed E-state index contributed by atoms with van der Waals surface area (Å²) in [6.07, 6.45) is 0.801. The van der Waals surface area contributed by atoms with E-state index < -0.39 is 0 Å². The van der Waals surface area contributed by atoms with E-state index in [1.165, 1.54) is 17.3 Å². The van der Waals surface area contributed by atoms with Crippen molar-refractivity contribution in [1.82, 2.24) is 19.8 Å². The van der Waals surface area contributed by atoms with E-state index in [-0.39, 0.29) is 5.91 Å². The maximum atomic E-state index is 13.1. The van der Waals surface area contributed by atoms with Gasteiger partial charge in [-0.05, 0) is 47.4 Å². The summed E-state index contributed by atoms with van der Waals surface area (Å²) in [5, 5.41) is 1.01. The molecule has 3 aromatic carbocycles. The Kier molecular flexibility index (Phi) is 11.0. The van der Waals surface area contributed by atoms with Crippen LogP contribution in [0.2, 0.25) is 5.15 Å². The van der Waals surface area contributed by atoms with Crippen molar-refractivity contribution in [2.45, 2.75) is 23.9 Å². The van der Waals surface area contributed by atoms with Gasteiger partial charge in [-0.15, -0.1) is 0 Å². The fourth-order valence-corrected chi connectivity index (χ4v) is 6.15. The van der Waals surface area contributed by atoms with E-state index in [1.807, 2.05) is 60.5 Å². The van der Waals surface area contributed by atoms with Gasteiger partial charge in [0.15, 0.2) is 16.7 Å². The van der Waals surface area contributed by atoms with Crippen LogP contribution in [0.3, 0.4) is 0 Å². The molecule has 5 rings (SSSR count). The fraction of sp³-hybridized carbons (Fsp3) is 0.324. The minimum Gasteiger partial charge on any atom is -0.493 e. The van der Waals surface area contributed by atoms with Gasteiger partial charge in [0.05, 0.1) is 14.2 Å². The lowest BCUT2D eigenvalue weighted by atomic mass is 10.1. The number of carbonyl (C=O) groups is 1. The number of nitrogens with zero attached hydrogens (tertiary/aromatic N) is 5. The lowest BCUT2D eigenvalue weighted by molar-refractivity contribution is 0.0628. The summed E-state index contributed by atoms with van der Waals surface area (Å²) in [6, 6.07) is 26.1. The van der Waals surface area contributed by atoms with Crippen LogP contribution in [-0.4, -0.2) is 79.7 Å². The Labute approximate surface area is 269 Å². The number of hydrogen-bond acceptors (Lipinski definition) is 8. The van der Waals surface area contributed by atoms with E-state index in [4.69, 9.17) is 26.1 Å².